The number of methoxy groups -OCH3 is 1. The van der Waals surface area contributed by atoms with Crippen LogP contribution in [0.25, 0.3) is 6.08 Å². The van der Waals surface area contributed by atoms with E-state index >= 15 is 0 Å². The van der Waals surface area contributed by atoms with Crippen LogP contribution in [-0.2, 0) is 14.8 Å². The van der Waals surface area contributed by atoms with E-state index in [1.165, 1.54) is 45.5 Å². The monoisotopic (exact) mass is 428 g/mol. The minimum atomic E-state index is -3.64. The number of carbonyl (C=O) groups is 1. The number of ether oxygens (including phenoxy) is 1. The van der Waals surface area contributed by atoms with Crippen molar-refractivity contribution in [2.24, 2.45) is 0 Å². The molecule has 1 amide bonds. The fourth-order valence-corrected chi connectivity index (χ4v) is 3.35. The van der Waals surface area contributed by atoms with Crippen molar-refractivity contribution < 1.29 is 17.9 Å². The van der Waals surface area contributed by atoms with E-state index in [4.69, 9.17) is 27.9 Å². The predicted octanol–water partition coefficient (Wildman–Crippen LogP) is 3.90. The Bertz CT molecular complexity index is 989. The number of anilines is 1. The Morgan fingerprint density at radius 2 is 1.81 bits per heavy atom. The molecule has 0 bridgehead atoms. The number of carbonyl (C=O) groups excluding carboxylic acids is 1. The van der Waals surface area contributed by atoms with Crippen LogP contribution in [0.15, 0.2) is 47.4 Å². The quantitative estimate of drug-likeness (QED) is 0.707. The van der Waals surface area contributed by atoms with Crippen molar-refractivity contribution in [2.45, 2.75) is 4.90 Å². The maximum Gasteiger partial charge on any atom is 0.248 e. The van der Waals surface area contributed by atoms with Gasteiger partial charge in [0.25, 0.3) is 0 Å². The molecule has 144 valence electrons. The van der Waals surface area contributed by atoms with Crippen molar-refractivity contribution in [3.8, 4) is 5.75 Å². The molecule has 0 aliphatic rings. The first-order valence-corrected chi connectivity index (χ1v) is 9.89. The second-order valence-corrected chi connectivity index (χ2v) is 8.61. The Labute approximate surface area is 168 Å². The summed E-state index contributed by atoms with van der Waals surface area (Å²) < 4.78 is 30.8. The summed E-state index contributed by atoms with van der Waals surface area (Å²) in [4.78, 5) is 12.3. The number of amides is 1. The molecule has 0 saturated heterocycles. The standard InChI is InChI=1S/C18H18Cl2N2O4S/c1-22(2)27(24,25)13-6-8-17(26-3)16(11-13)21-18(23)9-5-12-4-7-14(19)15(20)10-12/h4-11H,1-3H3,(H,21,23)/b9-5+. The third-order valence-electron chi connectivity index (χ3n) is 3.58. The summed E-state index contributed by atoms with van der Waals surface area (Å²) in [6, 6.07) is 9.20. The average molecular weight is 429 g/mol. The smallest absolute Gasteiger partial charge is 0.248 e. The van der Waals surface area contributed by atoms with Crippen LogP contribution in [0.5, 0.6) is 5.75 Å². The molecule has 27 heavy (non-hydrogen) atoms. The van der Waals surface area contributed by atoms with Crippen LogP contribution in [0.4, 0.5) is 5.69 Å². The van der Waals surface area contributed by atoms with Crippen LogP contribution in [0.2, 0.25) is 10.0 Å². The van der Waals surface area contributed by atoms with Gasteiger partial charge in [0, 0.05) is 20.2 Å². The molecule has 0 radical (unpaired) electrons. The molecule has 0 saturated carbocycles. The topological polar surface area (TPSA) is 75.7 Å². The van der Waals surface area contributed by atoms with E-state index in [2.05, 4.69) is 5.32 Å². The Morgan fingerprint density at radius 1 is 1.11 bits per heavy atom. The predicted molar refractivity (Wildman–Crippen MR) is 108 cm³/mol. The first kappa shape index (κ1) is 21.2. The first-order chi connectivity index (χ1) is 12.6. The van der Waals surface area contributed by atoms with E-state index in [9.17, 15) is 13.2 Å². The van der Waals surface area contributed by atoms with Gasteiger partial charge < -0.3 is 10.1 Å². The Morgan fingerprint density at radius 3 is 2.41 bits per heavy atom. The zero-order valence-electron chi connectivity index (χ0n) is 14.9. The minimum Gasteiger partial charge on any atom is -0.495 e. The summed E-state index contributed by atoms with van der Waals surface area (Å²) >= 11 is 11.8. The van der Waals surface area contributed by atoms with Gasteiger partial charge in [-0.25, -0.2) is 12.7 Å². The van der Waals surface area contributed by atoms with Crippen LogP contribution in [-0.4, -0.2) is 39.8 Å². The van der Waals surface area contributed by atoms with Crippen molar-refractivity contribution in [2.75, 3.05) is 26.5 Å². The van der Waals surface area contributed by atoms with Gasteiger partial charge >= 0.3 is 0 Å². The second kappa shape index (κ2) is 8.75. The van der Waals surface area contributed by atoms with Gasteiger partial charge in [0.2, 0.25) is 15.9 Å². The fraction of sp³-hybridized carbons (Fsp3) is 0.167. The SMILES string of the molecule is COc1ccc(S(=O)(=O)N(C)C)cc1NC(=O)/C=C/c1ccc(Cl)c(Cl)c1. The molecule has 2 aromatic carbocycles. The van der Waals surface area contributed by atoms with Gasteiger partial charge in [-0.05, 0) is 42.0 Å². The molecule has 1 N–H and O–H groups in total. The number of nitrogens with zero attached hydrogens (tertiary/aromatic N) is 1. The maximum atomic E-state index is 12.3. The fourth-order valence-electron chi connectivity index (χ4n) is 2.12. The maximum absolute atomic E-state index is 12.3. The van der Waals surface area contributed by atoms with Crippen LogP contribution in [0.1, 0.15) is 5.56 Å². The number of hydrogen-bond donors (Lipinski definition) is 1. The number of halogens is 2. The lowest BCUT2D eigenvalue weighted by molar-refractivity contribution is -0.111. The third-order valence-corrected chi connectivity index (χ3v) is 6.13. The molecule has 6 nitrogen and oxygen atoms in total. The molecule has 0 atom stereocenters. The largest absolute Gasteiger partial charge is 0.495 e. The zero-order chi connectivity index (χ0) is 20.2. The summed E-state index contributed by atoms with van der Waals surface area (Å²) in [5, 5.41) is 3.41. The summed E-state index contributed by atoms with van der Waals surface area (Å²) in [5.74, 6) is -0.122. The second-order valence-electron chi connectivity index (χ2n) is 5.65. The van der Waals surface area contributed by atoms with E-state index in [0.29, 0.717) is 21.4 Å². The minimum absolute atomic E-state index is 0.0389. The van der Waals surface area contributed by atoms with E-state index in [0.717, 1.165) is 4.31 Å². The normalized spacial score (nSPS) is 11.8. The summed E-state index contributed by atoms with van der Waals surface area (Å²) in [5.41, 5.74) is 0.930. The van der Waals surface area contributed by atoms with Crippen molar-refractivity contribution in [1.82, 2.24) is 4.31 Å². The molecule has 0 spiro atoms. The molecule has 0 aromatic heterocycles. The molecule has 0 unspecified atom stereocenters. The van der Waals surface area contributed by atoms with Crippen molar-refractivity contribution in [3.05, 3.63) is 58.1 Å². The van der Waals surface area contributed by atoms with Gasteiger partial charge in [-0.15, -0.1) is 0 Å². The number of nitrogens with one attached hydrogen (secondary N) is 1. The zero-order valence-corrected chi connectivity index (χ0v) is 17.2. The highest BCUT2D eigenvalue weighted by Crippen LogP contribution is 2.28. The van der Waals surface area contributed by atoms with Crippen LogP contribution >= 0.6 is 23.2 Å². The molecule has 9 heteroatoms. The lowest BCUT2D eigenvalue weighted by atomic mass is 10.2. The highest BCUT2D eigenvalue weighted by molar-refractivity contribution is 7.89. The van der Waals surface area contributed by atoms with Gasteiger partial charge in [0.05, 0.1) is 27.7 Å². The van der Waals surface area contributed by atoms with Gasteiger partial charge in [-0.1, -0.05) is 29.3 Å². The van der Waals surface area contributed by atoms with Crippen LogP contribution in [0, 0.1) is 0 Å². The Balaban J connectivity index is 2.25. The van der Waals surface area contributed by atoms with Crippen molar-refractivity contribution in [3.63, 3.8) is 0 Å². The van der Waals surface area contributed by atoms with Crippen LogP contribution < -0.4 is 10.1 Å². The Hall–Kier alpha value is -2.06. The lowest BCUT2D eigenvalue weighted by Gasteiger charge is -2.14. The third kappa shape index (κ3) is 5.23. The number of benzene rings is 2. The molecular formula is C18H18Cl2N2O4S. The molecular weight excluding hydrogens is 411 g/mol. The van der Waals surface area contributed by atoms with E-state index in [-0.39, 0.29) is 10.6 Å². The van der Waals surface area contributed by atoms with Gasteiger partial charge in [-0.2, -0.15) is 0 Å². The molecule has 0 heterocycles. The molecule has 2 rings (SSSR count). The van der Waals surface area contributed by atoms with E-state index < -0.39 is 15.9 Å². The Kier molecular flexibility index (Phi) is 6.89. The summed E-state index contributed by atoms with van der Waals surface area (Å²) in [6.45, 7) is 0. The number of hydrogen-bond acceptors (Lipinski definition) is 4. The van der Waals surface area contributed by atoms with E-state index in [1.54, 1.807) is 24.3 Å². The van der Waals surface area contributed by atoms with Gasteiger partial charge in [-0.3, -0.25) is 4.79 Å². The van der Waals surface area contributed by atoms with Crippen molar-refractivity contribution >= 4 is 50.9 Å². The molecule has 0 fully saturated rings. The highest BCUT2D eigenvalue weighted by atomic mass is 35.5. The molecule has 2 aromatic rings. The first-order valence-electron chi connectivity index (χ1n) is 7.70. The van der Waals surface area contributed by atoms with Crippen molar-refractivity contribution in [1.29, 1.82) is 0 Å². The van der Waals surface area contributed by atoms with E-state index in [1.807, 2.05) is 0 Å². The highest BCUT2D eigenvalue weighted by Gasteiger charge is 2.19. The van der Waals surface area contributed by atoms with Gasteiger partial charge in [0.1, 0.15) is 5.75 Å². The number of sulfonamides is 1. The molecule has 0 aliphatic heterocycles. The average Bonchev–Trinajstić information content (AvgIpc) is 2.62. The van der Waals surface area contributed by atoms with Crippen LogP contribution in [0.3, 0.4) is 0 Å². The summed E-state index contributed by atoms with van der Waals surface area (Å²) in [7, 11) is 0.641. The number of rotatable bonds is 6. The molecule has 0 aliphatic carbocycles. The summed E-state index contributed by atoms with van der Waals surface area (Å²) in [6.07, 6.45) is 2.86. The lowest BCUT2D eigenvalue weighted by Crippen LogP contribution is -2.22. The van der Waals surface area contributed by atoms with Gasteiger partial charge in [0.15, 0.2) is 0 Å².